The van der Waals surface area contributed by atoms with Crippen molar-refractivity contribution in [1.82, 2.24) is 0 Å². The summed E-state index contributed by atoms with van der Waals surface area (Å²) in [5.74, 6) is -1.28. The number of oxime groups is 1. The molecule has 0 aliphatic carbocycles. The molecule has 17 heavy (non-hydrogen) atoms. The van der Waals surface area contributed by atoms with E-state index in [9.17, 15) is 13.2 Å². The first-order chi connectivity index (χ1) is 8.09. The molecule has 1 aromatic carbocycles. The van der Waals surface area contributed by atoms with E-state index in [1.165, 1.54) is 18.2 Å². The number of hydrogen-bond donors (Lipinski definition) is 0. The third-order valence-corrected chi connectivity index (χ3v) is 3.41. The standard InChI is InChI=1S/C11H10F3NOS/c1-6-10(14)11(15-16-6)17-5-7-8(12)3-2-4-9(7)13/h2-4,6,10H,5H2,1H3. The molecule has 0 radical (unpaired) electrons. The van der Waals surface area contributed by atoms with Crippen molar-refractivity contribution in [2.24, 2.45) is 5.16 Å². The summed E-state index contributed by atoms with van der Waals surface area (Å²) >= 11 is 0.947. The summed E-state index contributed by atoms with van der Waals surface area (Å²) in [7, 11) is 0. The van der Waals surface area contributed by atoms with Crippen molar-refractivity contribution in [3.63, 3.8) is 0 Å². The van der Waals surface area contributed by atoms with Gasteiger partial charge in [-0.1, -0.05) is 23.0 Å². The molecule has 6 heteroatoms. The Morgan fingerprint density at radius 3 is 2.53 bits per heavy atom. The molecule has 1 aromatic rings. The molecule has 1 aliphatic rings. The maximum atomic E-state index is 13.4. The molecule has 2 atom stereocenters. The van der Waals surface area contributed by atoms with Crippen LogP contribution in [0.2, 0.25) is 0 Å². The maximum absolute atomic E-state index is 13.4. The largest absolute Gasteiger partial charge is 0.388 e. The SMILES string of the molecule is CC1ON=C(SCc2c(F)cccc2F)C1F. The highest BCUT2D eigenvalue weighted by atomic mass is 32.2. The first kappa shape index (κ1) is 12.3. The predicted molar refractivity (Wildman–Crippen MR) is 60.5 cm³/mol. The molecule has 1 aliphatic heterocycles. The molecule has 0 aromatic heterocycles. The fourth-order valence-electron chi connectivity index (χ4n) is 1.36. The van der Waals surface area contributed by atoms with Crippen LogP contribution >= 0.6 is 11.8 Å². The highest BCUT2D eigenvalue weighted by molar-refractivity contribution is 8.13. The van der Waals surface area contributed by atoms with Gasteiger partial charge in [0.25, 0.3) is 0 Å². The Bertz CT molecular complexity index is 432. The van der Waals surface area contributed by atoms with Crippen LogP contribution in [0.25, 0.3) is 0 Å². The van der Waals surface area contributed by atoms with Gasteiger partial charge in [-0.2, -0.15) is 0 Å². The fourth-order valence-corrected chi connectivity index (χ4v) is 2.38. The molecule has 2 nitrogen and oxygen atoms in total. The zero-order valence-corrected chi connectivity index (χ0v) is 9.81. The lowest BCUT2D eigenvalue weighted by Gasteiger charge is -2.06. The third kappa shape index (κ3) is 2.57. The van der Waals surface area contributed by atoms with Crippen molar-refractivity contribution in [2.75, 3.05) is 0 Å². The molecule has 0 amide bonds. The number of thioether (sulfide) groups is 1. The molecule has 0 spiro atoms. The number of hydrogen-bond acceptors (Lipinski definition) is 3. The topological polar surface area (TPSA) is 21.6 Å². The first-order valence-electron chi connectivity index (χ1n) is 5.03. The molecule has 0 fully saturated rings. The first-order valence-corrected chi connectivity index (χ1v) is 6.01. The van der Waals surface area contributed by atoms with Crippen molar-refractivity contribution in [1.29, 1.82) is 0 Å². The number of benzene rings is 1. The molecule has 0 bridgehead atoms. The van der Waals surface area contributed by atoms with Crippen molar-refractivity contribution in [3.8, 4) is 0 Å². The summed E-state index contributed by atoms with van der Waals surface area (Å²) in [5.41, 5.74) is -0.0769. The van der Waals surface area contributed by atoms with Gasteiger partial charge in [-0.25, -0.2) is 13.2 Å². The zero-order chi connectivity index (χ0) is 12.4. The molecular formula is C11H10F3NOS. The van der Waals surface area contributed by atoms with E-state index in [0.29, 0.717) is 0 Å². The van der Waals surface area contributed by atoms with Gasteiger partial charge in [0, 0.05) is 11.3 Å². The number of rotatable bonds is 2. The fraction of sp³-hybridized carbons (Fsp3) is 0.364. The van der Waals surface area contributed by atoms with Gasteiger partial charge in [-0.3, -0.25) is 0 Å². The van der Waals surface area contributed by atoms with Gasteiger partial charge in [0.1, 0.15) is 11.6 Å². The Morgan fingerprint density at radius 1 is 1.35 bits per heavy atom. The van der Waals surface area contributed by atoms with Crippen LogP contribution in [0, 0.1) is 11.6 Å². The van der Waals surface area contributed by atoms with Gasteiger partial charge >= 0.3 is 0 Å². The van der Waals surface area contributed by atoms with Crippen molar-refractivity contribution in [3.05, 3.63) is 35.4 Å². The van der Waals surface area contributed by atoms with E-state index in [1.54, 1.807) is 6.92 Å². The van der Waals surface area contributed by atoms with Gasteiger partial charge < -0.3 is 4.84 Å². The highest BCUT2D eigenvalue weighted by Crippen LogP contribution is 2.26. The second kappa shape index (κ2) is 5.00. The van der Waals surface area contributed by atoms with Crippen LogP contribution in [0.1, 0.15) is 12.5 Å². The Hall–Kier alpha value is -1.17. The highest BCUT2D eigenvalue weighted by Gasteiger charge is 2.31. The minimum absolute atomic E-state index is 0.00611. The molecule has 0 saturated heterocycles. The van der Waals surface area contributed by atoms with Crippen molar-refractivity contribution < 1.29 is 18.0 Å². The van der Waals surface area contributed by atoms with E-state index in [4.69, 9.17) is 4.84 Å². The van der Waals surface area contributed by atoms with Gasteiger partial charge in [-0.15, -0.1) is 0 Å². The van der Waals surface area contributed by atoms with Crippen LogP contribution in [0.4, 0.5) is 13.2 Å². The lowest BCUT2D eigenvalue weighted by atomic mass is 10.2. The molecule has 1 heterocycles. The average molecular weight is 261 g/mol. The number of alkyl halides is 1. The summed E-state index contributed by atoms with van der Waals surface area (Å²) in [4.78, 5) is 4.73. The van der Waals surface area contributed by atoms with Gasteiger partial charge in [-0.05, 0) is 19.1 Å². The van der Waals surface area contributed by atoms with Crippen LogP contribution in [0.3, 0.4) is 0 Å². The van der Waals surface area contributed by atoms with E-state index in [0.717, 1.165) is 11.8 Å². The maximum Gasteiger partial charge on any atom is 0.190 e. The molecule has 0 saturated carbocycles. The number of halogens is 3. The van der Waals surface area contributed by atoms with Crippen molar-refractivity contribution >= 4 is 16.8 Å². The van der Waals surface area contributed by atoms with E-state index in [-0.39, 0.29) is 16.4 Å². The molecule has 92 valence electrons. The Labute approximate surface area is 101 Å². The second-order valence-corrected chi connectivity index (χ2v) is 4.63. The zero-order valence-electron chi connectivity index (χ0n) is 8.99. The minimum Gasteiger partial charge on any atom is -0.388 e. The Kier molecular flexibility index (Phi) is 3.61. The van der Waals surface area contributed by atoms with Gasteiger partial charge in [0.05, 0.1) is 0 Å². The summed E-state index contributed by atoms with van der Waals surface area (Å²) in [6.07, 6.45) is -1.96. The lowest BCUT2D eigenvalue weighted by molar-refractivity contribution is 0.0642. The predicted octanol–water partition coefficient (Wildman–Crippen LogP) is 3.27. The van der Waals surface area contributed by atoms with E-state index in [1.807, 2.05) is 0 Å². The van der Waals surface area contributed by atoms with Crippen LogP contribution in [0.15, 0.2) is 23.4 Å². The monoisotopic (exact) mass is 261 g/mol. The number of nitrogens with zero attached hydrogens (tertiary/aromatic N) is 1. The third-order valence-electron chi connectivity index (χ3n) is 2.38. The normalized spacial score (nSPS) is 23.4. The van der Waals surface area contributed by atoms with E-state index >= 15 is 0 Å². The Balaban J connectivity index is 2.04. The quantitative estimate of drug-likeness (QED) is 0.815. The lowest BCUT2D eigenvalue weighted by Crippen LogP contribution is -2.19. The second-order valence-electron chi connectivity index (χ2n) is 3.63. The summed E-state index contributed by atoms with van der Waals surface area (Å²) in [5, 5.41) is 3.66. The van der Waals surface area contributed by atoms with Gasteiger partial charge in [0.15, 0.2) is 17.3 Å². The van der Waals surface area contributed by atoms with Crippen LogP contribution in [-0.4, -0.2) is 17.3 Å². The molecule has 2 rings (SSSR count). The molecule has 0 N–H and O–H groups in total. The molecular weight excluding hydrogens is 251 g/mol. The van der Waals surface area contributed by atoms with Crippen LogP contribution < -0.4 is 0 Å². The van der Waals surface area contributed by atoms with Crippen molar-refractivity contribution in [2.45, 2.75) is 25.0 Å². The summed E-state index contributed by atoms with van der Waals surface area (Å²) in [6.45, 7) is 1.55. The smallest absolute Gasteiger partial charge is 0.190 e. The van der Waals surface area contributed by atoms with Crippen LogP contribution in [0.5, 0.6) is 0 Å². The van der Waals surface area contributed by atoms with E-state index in [2.05, 4.69) is 5.16 Å². The average Bonchev–Trinajstić information content (AvgIpc) is 2.60. The summed E-state index contributed by atoms with van der Waals surface area (Å²) < 4.78 is 40.0. The minimum atomic E-state index is -1.32. The summed E-state index contributed by atoms with van der Waals surface area (Å²) in [6, 6.07) is 3.62. The van der Waals surface area contributed by atoms with Gasteiger partial charge in [0.2, 0.25) is 0 Å². The molecule has 2 unspecified atom stereocenters. The van der Waals surface area contributed by atoms with E-state index < -0.39 is 23.9 Å². The van der Waals surface area contributed by atoms with Crippen LogP contribution in [-0.2, 0) is 10.6 Å². The Morgan fingerprint density at radius 2 is 2.00 bits per heavy atom.